The largest absolute Gasteiger partial charge is 0.375 e. The molecule has 2 fully saturated rings. The van der Waals surface area contributed by atoms with Crippen molar-refractivity contribution in [3.05, 3.63) is 41.5 Å². The summed E-state index contributed by atoms with van der Waals surface area (Å²) in [4.78, 5) is 14.6. The second kappa shape index (κ2) is 7.39. The van der Waals surface area contributed by atoms with Gasteiger partial charge in [0.25, 0.3) is 0 Å². The Balaban J connectivity index is 1.41. The summed E-state index contributed by atoms with van der Waals surface area (Å²) < 4.78 is 35.1. The number of amides is 1. The number of sulfonamides is 1. The van der Waals surface area contributed by atoms with Crippen LogP contribution in [0.3, 0.4) is 0 Å². The lowest BCUT2D eigenvalue weighted by molar-refractivity contribution is -0.134. The fraction of sp³-hybridized carbons (Fsp3) is 0.571. The molecule has 0 N–H and O–H groups in total. The maximum Gasteiger partial charge on any atom is 0.248 e. The van der Waals surface area contributed by atoms with Gasteiger partial charge in [-0.15, -0.1) is 10.2 Å². The van der Waals surface area contributed by atoms with Crippen LogP contribution in [0.5, 0.6) is 0 Å². The Morgan fingerprint density at radius 2 is 2.00 bits per heavy atom. The number of hydrogen-bond donors (Lipinski definition) is 0. The van der Waals surface area contributed by atoms with Crippen molar-refractivity contribution in [2.24, 2.45) is 12.5 Å². The van der Waals surface area contributed by atoms with E-state index in [1.807, 2.05) is 23.7 Å². The van der Waals surface area contributed by atoms with E-state index in [0.717, 1.165) is 30.7 Å². The molecule has 2 aromatic rings. The number of rotatable bonds is 5. The standard InChI is InChI=1S/C21H27N5O4S/c1-24-14-22-23-20(24)18-9-25(19(27)10-30-2)11-21(18)12-26(13-21)31(28,29)17-7-6-15-4-3-5-16(15)8-17/h6-8,14,18H,3-5,9-13H2,1-2H3. The Bertz CT molecular complexity index is 1120. The monoisotopic (exact) mass is 445 g/mol. The van der Waals surface area contributed by atoms with E-state index in [4.69, 9.17) is 4.74 Å². The number of fused-ring (bicyclic) bond motifs is 1. The number of likely N-dealkylation sites (tertiary alicyclic amines) is 1. The highest BCUT2D eigenvalue weighted by Crippen LogP contribution is 2.50. The first-order valence-corrected chi connectivity index (χ1v) is 12.0. The fourth-order valence-electron chi connectivity index (χ4n) is 5.34. The van der Waals surface area contributed by atoms with Gasteiger partial charge in [-0.2, -0.15) is 4.31 Å². The quantitative estimate of drug-likeness (QED) is 0.667. The Hall–Kier alpha value is -2.30. The van der Waals surface area contributed by atoms with E-state index in [1.54, 1.807) is 17.3 Å². The second-order valence-electron chi connectivity index (χ2n) is 8.98. The highest BCUT2D eigenvalue weighted by molar-refractivity contribution is 7.89. The third-order valence-corrected chi connectivity index (χ3v) is 8.80. The van der Waals surface area contributed by atoms with Crippen molar-refractivity contribution in [1.82, 2.24) is 24.0 Å². The Morgan fingerprint density at radius 1 is 1.23 bits per heavy atom. The molecule has 2 saturated heterocycles. The van der Waals surface area contributed by atoms with Crippen LogP contribution in [-0.4, -0.2) is 78.2 Å². The number of ether oxygens (including phenoxy) is 1. The number of aromatic nitrogens is 3. The molecule has 166 valence electrons. The average Bonchev–Trinajstić information content (AvgIpc) is 3.43. The molecular formula is C21H27N5O4S. The second-order valence-corrected chi connectivity index (χ2v) is 10.9. The van der Waals surface area contributed by atoms with Crippen molar-refractivity contribution < 1.29 is 17.9 Å². The zero-order valence-electron chi connectivity index (χ0n) is 17.8. The summed E-state index contributed by atoms with van der Waals surface area (Å²) in [5.74, 6) is 0.612. The van der Waals surface area contributed by atoms with Crippen molar-refractivity contribution in [2.75, 3.05) is 39.9 Å². The van der Waals surface area contributed by atoms with Gasteiger partial charge in [-0.25, -0.2) is 8.42 Å². The summed E-state index contributed by atoms with van der Waals surface area (Å²) in [6, 6.07) is 5.52. The molecular weight excluding hydrogens is 418 g/mol. The minimum atomic E-state index is -3.58. The van der Waals surface area contributed by atoms with Crippen LogP contribution in [0, 0.1) is 5.41 Å². The maximum atomic E-state index is 13.3. The number of hydrogen-bond acceptors (Lipinski definition) is 6. The molecule has 1 aliphatic carbocycles. The Morgan fingerprint density at radius 3 is 2.71 bits per heavy atom. The predicted octanol–water partition coefficient (Wildman–Crippen LogP) is 0.567. The minimum Gasteiger partial charge on any atom is -0.375 e. The first kappa shape index (κ1) is 20.6. The summed E-state index contributed by atoms with van der Waals surface area (Å²) in [7, 11) is -0.202. The Labute approximate surface area is 182 Å². The molecule has 1 aromatic heterocycles. The zero-order chi connectivity index (χ0) is 21.8. The van der Waals surface area contributed by atoms with Gasteiger partial charge in [-0.05, 0) is 42.5 Å². The predicted molar refractivity (Wildman–Crippen MR) is 112 cm³/mol. The lowest BCUT2D eigenvalue weighted by atomic mass is 9.72. The number of carbonyl (C=O) groups excluding carboxylic acids is 1. The van der Waals surface area contributed by atoms with Gasteiger partial charge < -0.3 is 14.2 Å². The van der Waals surface area contributed by atoms with Crippen molar-refractivity contribution in [1.29, 1.82) is 0 Å². The molecule has 0 saturated carbocycles. The molecule has 31 heavy (non-hydrogen) atoms. The molecule has 9 nitrogen and oxygen atoms in total. The van der Waals surface area contributed by atoms with Gasteiger partial charge in [0.1, 0.15) is 18.8 Å². The maximum absolute atomic E-state index is 13.3. The van der Waals surface area contributed by atoms with Crippen LogP contribution in [0.15, 0.2) is 29.4 Å². The third-order valence-electron chi connectivity index (χ3n) is 7.02. The molecule has 1 aromatic carbocycles. The van der Waals surface area contributed by atoms with E-state index in [1.165, 1.54) is 17.0 Å². The van der Waals surface area contributed by atoms with Crippen molar-refractivity contribution in [2.45, 2.75) is 30.1 Å². The minimum absolute atomic E-state index is 0.0127. The fourth-order valence-corrected chi connectivity index (χ4v) is 7.02. The molecule has 1 unspecified atom stereocenters. The summed E-state index contributed by atoms with van der Waals surface area (Å²) in [6.45, 7) is 1.71. The first-order chi connectivity index (χ1) is 14.8. The molecule has 5 rings (SSSR count). The van der Waals surface area contributed by atoms with Crippen molar-refractivity contribution >= 4 is 15.9 Å². The molecule has 3 aliphatic rings. The van der Waals surface area contributed by atoms with Crippen LogP contribution in [-0.2, 0) is 39.4 Å². The summed E-state index contributed by atoms with van der Waals surface area (Å²) in [5, 5.41) is 8.27. The molecule has 1 amide bonds. The van der Waals surface area contributed by atoms with Crippen LogP contribution in [0.2, 0.25) is 0 Å². The normalized spacial score (nSPS) is 22.6. The van der Waals surface area contributed by atoms with Crippen LogP contribution in [0.1, 0.15) is 29.3 Å². The Kier molecular flexibility index (Phi) is 4.91. The van der Waals surface area contributed by atoms with E-state index in [0.29, 0.717) is 31.1 Å². The zero-order valence-corrected chi connectivity index (χ0v) is 18.6. The first-order valence-electron chi connectivity index (χ1n) is 10.6. The highest BCUT2D eigenvalue weighted by atomic mass is 32.2. The molecule has 0 bridgehead atoms. The van der Waals surface area contributed by atoms with Gasteiger partial charge in [0, 0.05) is 51.7 Å². The molecule has 0 radical (unpaired) electrons. The van der Waals surface area contributed by atoms with Crippen LogP contribution in [0.4, 0.5) is 0 Å². The average molecular weight is 446 g/mol. The smallest absolute Gasteiger partial charge is 0.248 e. The molecule has 1 spiro atoms. The molecule has 1 atom stereocenters. The highest BCUT2D eigenvalue weighted by Gasteiger charge is 2.59. The van der Waals surface area contributed by atoms with Gasteiger partial charge in [-0.1, -0.05) is 6.07 Å². The summed E-state index contributed by atoms with van der Waals surface area (Å²) >= 11 is 0. The van der Waals surface area contributed by atoms with Crippen LogP contribution in [0.25, 0.3) is 0 Å². The number of nitrogens with zero attached hydrogens (tertiary/aromatic N) is 5. The van der Waals surface area contributed by atoms with Crippen LogP contribution >= 0.6 is 0 Å². The van der Waals surface area contributed by atoms with E-state index >= 15 is 0 Å². The van der Waals surface area contributed by atoms with E-state index in [2.05, 4.69) is 10.2 Å². The molecule has 3 heterocycles. The van der Waals surface area contributed by atoms with Gasteiger partial charge >= 0.3 is 0 Å². The number of aryl methyl sites for hydroxylation is 3. The molecule has 2 aliphatic heterocycles. The van der Waals surface area contributed by atoms with Gasteiger partial charge in [0.15, 0.2) is 0 Å². The SMILES string of the molecule is COCC(=O)N1CC(c2nncn2C)C2(C1)CN(S(=O)(=O)c1ccc3c(c1)CCC3)C2. The number of carbonyl (C=O) groups is 1. The summed E-state index contributed by atoms with van der Waals surface area (Å²) in [6.07, 6.45) is 4.68. The van der Waals surface area contributed by atoms with E-state index in [-0.39, 0.29) is 23.8 Å². The van der Waals surface area contributed by atoms with Crippen LogP contribution < -0.4 is 0 Å². The number of benzene rings is 1. The lowest BCUT2D eigenvalue weighted by Crippen LogP contribution is -2.61. The summed E-state index contributed by atoms with van der Waals surface area (Å²) in [5.41, 5.74) is 2.03. The van der Waals surface area contributed by atoms with Gasteiger partial charge in [0.2, 0.25) is 15.9 Å². The van der Waals surface area contributed by atoms with Gasteiger partial charge in [0.05, 0.1) is 4.90 Å². The topological polar surface area (TPSA) is 97.6 Å². The van der Waals surface area contributed by atoms with Crippen molar-refractivity contribution in [3.8, 4) is 0 Å². The third kappa shape index (κ3) is 3.28. The van der Waals surface area contributed by atoms with E-state index < -0.39 is 10.0 Å². The lowest BCUT2D eigenvalue weighted by Gasteiger charge is -2.49. The molecule has 10 heteroatoms. The van der Waals surface area contributed by atoms with E-state index in [9.17, 15) is 13.2 Å². The number of methoxy groups -OCH3 is 1. The van der Waals surface area contributed by atoms with Gasteiger partial charge in [-0.3, -0.25) is 4.79 Å². The van der Waals surface area contributed by atoms with Crippen molar-refractivity contribution in [3.63, 3.8) is 0 Å².